The van der Waals surface area contributed by atoms with Crippen LogP contribution in [-0.2, 0) is 4.79 Å². The zero-order chi connectivity index (χ0) is 10.3. The summed E-state index contributed by atoms with van der Waals surface area (Å²) in [5.41, 5.74) is 4.93. The van der Waals surface area contributed by atoms with Crippen molar-refractivity contribution in [1.29, 1.82) is 0 Å². The molecule has 1 saturated carbocycles. The van der Waals surface area contributed by atoms with Gasteiger partial charge in [-0.3, -0.25) is 9.69 Å². The number of nitrogens with zero attached hydrogens (tertiary/aromatic N) is 1. The Balaban J connectivity index is 2.14. The van der Waals surface area contributed by atoms with Crippen molar-refractivity contribution in [3.8, 4) is 0 Å². The molecule has 0 aromatic carbocycles. The van der Waals surface area contributed by atoms with Gasteiger partial charge in [-0.25, -0.2) is 0 Å². The second-order valence-corrected chi connectivity index (χ2v) is 4.59. The zero-order valence-electron chi connectivity index (χ0n) is 8.57. The molecule has 2 aliphatic rings. The molecule has 4 heteroatoms. The van der Waals surface area contributed by atoms with Crippen LogP contribution in [0.5, 0.6) is 0 Å². The first-order valence-electron chi connectivity index (χ1n) is 5.34. The number of carbonyl (C=O) groups is 1. The quantitative estimate of drug-likeness (QED) is 0.674. The molecule has 4 nitrogen and oxygen atoms in total. The first-order chi connectivity index (χ1) is 6.55. The van der Waals surface area contributed by atoms with Gasteiger partial charge in [0.1, 0.15) is 5.54 Å². The van der Waals surface area contributed by atoms with Gasteiger partial charge in [0.25, 0.3) is 0 Å². The maximum atomic E-state index is 11.1. The van der Waals surface area contributed by atoms with Gasteiger partial charge in [0.05, 0.1) is 0 Å². The smallest absolute Gasteiger partial charge is 0.325 e. The van der Waals surface area contributed by atoms with Gasteiger partial charge in [-0.05, 0) is 39.2 Å². The molecule has 0 aromatic heterocycles. The van der Waals surface area contributed by atoms with Crippen LogP contribution in [0.1, 0.15) is 32.6 Å². The number of nitrogens with two attached hydrogens (primary N) is 1. The van der Waals surface area contributed by atoms with E-state index in [1.807, 2.05) is 6.92 Å². The van der Waals surface area contributed by atoms with Crippen molar-refractivity contribution >= 4 is 5.97 Å². The molecule has 2 fully saturated rings. The molecule has 14 heavy (non-hydrogen) atoms. The van der Waals surface area contributed by atoms with E-state index < -0.39 is 11.5 Å². The predicted molar refractivity (Wildman–Crippen MR) is 53.0 cm³/mol. The van der Waals surface area contributed by atoms with Crippen molar-refractivity contribution in [2.45, 2.75) is 50.2 Å². The Morgan fingerprint density at radius 2 is 2.21 bits per heavy atom. The summed E-state index contributed by atoms with van der Waals surface area (Å²) in [4.78, 5) is 13.4. The molecule has 0 spiro atoms. The Labute approximate surface area is 84.1 Å². The fraction of sp³-hybridized carbons (Fsp3) is 0.900. The maximum absolute atomic E-state index is 11.1. The molecular weight excluding hydrogens is 180 g/mol. The van der Waals surface area contributed by atoms with E-state index in [2.05, 4.69) is 4.90 Å². The van der Waals surface area contributed by atoms with Crippen molar-refractivity contribution in [2.75, 3.05) is 6.54 Å². The van der Waals surface area contributed by atoms with Gasteiger partial charge in [0, 0.05) is 12.1 Å². The molecule has 0 radical (unpaired) electrons. The molecule has 3 N–H and O–H groups in total. The van der Waals surface area contributed by atoms with Crippen LogP contribution in [0.25, 0.3) is 0 Å². The lowest BCUT2D eigenvalue weighted by atomic mass is 9.82. The van der Waals surface area contributed by atoms with Gasteiger partial charge < -0.3 is 10.8 Å². The number of hydrogen-bond donors (Lipinski definition) is 2. The summed E-state index contributed by atoms with van der Waals surface area (Å²) in [6.07, 6.45) is 3.93. The van der Waals surface area contributed by atoms with Crippen molar-refractivity contribution < 1.29 is 9.90 Å². The lowest BCUT2D eigenvalue weighted by Gasteiger charge is -2.44. The Hall–Kier alpha value is -0.610. The number of likely N-dealkylation sites (tertiary alicyclic amines) is 1. The van der Waals surface area contributed by atoms with Crippen LogP contribution in [0, 0.1) is 0 Å². The number of piperidine rings is 1. The Bertz CT molecular complexity index is 253. The SMILES string of the molecule is CC1N(C2CC2)CCCC1(N)C(=O)O. The third kappa shape index (κ3) is 1.42. The highest BCUT2D eigenvalue weighted by Gasteiger charge is 2.48. The summed E-state index contributed by atoms with van der Waals surface area (Å²) in [5.74, 6) is -0.852. The standard InChI is InChI=1S/C10H18N2O2/c1-7-10(11,9(13)14)5-2-6-12(7)8-3-4-8/h7-8H,2-6,11H2,1H3,(H,13,14). The van der Waals surface area contributed by atoms with E-state index in [4.69, 9.17) is 10.8 Å². The van der Waals surface area contributed by atoms with E-state index in [1.165, 1.54) is 12.8 Å². The average molecular weight is 198 g/mol. The summed E-state index contributed by atoms with van der Waals surface area (Å²) in [6, 6.07) is 0.578. The molecule has 0 aromatic rings. The van der Waals surface area contributed by atoms with E-state index in [-0.39, 0.29) is 6.04 Å². The molecule has 1 saturated heterocycles. The summed E-state index contributed by atoms with van der Waals surface area (Å²) < 4.78 is 0. The highest BCUT2D eigenvalue weighted by molar-refractivity contribution is 5.79. The Morgan fingerprint density at radius 1 is 1.57 bits per heavy atom. The van der Waals surface area contributed by atoms with Crippen LogP contribution in [-0.4, -0.2) is 40.1 Å². The van der Waals surface area contributed by atoms with Gasteiger partial charge in [-0.2, -0.15) is 0 Å². The minimum absolute atomic E-state index is 0.0266. The third-order valence-electron chi connectivity index (χ3n) is 3.66. The van der Waals surface area contributed by atoms with Gasteiger partial charge in [0.15, 0.2) is 0 Å². The van der Waals surface area contributed by atoms with Crippen molar-refractivity contribution in [1.82, 2.24) is 4.90 Å². The fourth-order valence-corrected chi connectivity index (χ4v) is 2.44. The lowest BCUT2D eigenvalue weighted by molar-refractivity contribution is -0.148. The van der Waals surface area contributed by atoms with Crippen molar-refractivity contribution in [3.05, 3.63) is 0 Å². The van der Waals surface area contributed by atoms with Crippen molar-refractivity contribution in [3.63, 3.8) is 0 Å². The van der Waals surface area contributed by atoms with Gasteiger partial charge in [-0.15, -0.1) is 0 Å². The first-order valence-corrected chi connectivity index (χ1v) is 5.34. The summed E-state index contributed by atoms with van der Waals surface area (Å²) >= 11 is 0. The van der Waals surface area contributed by atoms with E-state index in [0.29, 0.717) is 12.5 Å². The highest BCUT2D eigenvalue weighted by Crippen LogP contribution is 2.35. The van der Waals surface area contributed by atoms with Crippen LogP contribution >= 0.6 is 0 Å². The van der Waals surface area contributed by atoms with Crippen LogP contribution in [0.15, 0.2) is 0 Å². The fourth-order valence-electron chi connectivity index (χ4n) is 2.44. The number of carboxylic acids is 1. The van der Waals surface area contributed by atoms with Crippen LogP contribution in [0.3, 0.4) is 0 Å². The molecule has 0 amide bonds. The minimum atomic E-state index is -1.03. The van der Waals surface area contributed by atoms with Crippen LogP contribution in [0.2, 0.25) is 0 Å². The lowest BCUT2D eigenvalue weighted by Crippen LogP contribution is -2.65. The number of hydrogen-bond acceptors (Lipinski definition) is 3. The summed E-state index contributed by atoms with van der Waals surface area (Å²) in [7, 11) is 0. The number of carboxylic acid groups (broad SMARTS) is 1. The van der Waals surface area contributed by atoms with E-state index in [0.717, 1.165) is 13.0 Å². The van der Waals surface area contributed by atoms with Crippen LogP contribution < -0.4 is 5.73 Å². The maximum Gasteiger partial charge on any atom is 0.325 e. The van der Waals surface area contributed by atoms with E-state index >= 15 is 0 Å². The van der Waals surface area contributed by atoms with Gasteiger partial charge in [-0.1, -0.05) is 0 Å². The second kappa shape index (κ2) is 3.21. The molecule has 80 valence electrons. The largest absolute Gasteiger partial charge is 0.480 e. The first kappa shape index (κ1) is 9.93. The monoisotopic (exact) mass is 198 g/mol. The van der Waals surface area contributed by atoms with Gasteiger partial charge >= 0.3 is 5.97 Å². The molecule has 2 atom stereocenters. The predicted octanol–water partition coefficient (Wildman–Crippen LogP) is 0.415. The highest BCUT2D eigenvalue weighted by atomic mass is 16.4. The molecule has 1 heterocycles. The molecule has 1 aliphatic carbocycles. The Morgan fingerprint density at radius 3 is 2.71 bits per heavy atom. The number of aliphatic carboxylic acids is 1. The molecule has 0 bridgehead atoms. The molecule has 2 unspecified atom stereocenters. The van der Waals surface area contributed by atoms with Crippen molar-refractivity contribution in [2.24, 2.45) is 5.73 Å². The van der Waals surface area contributed by atoms with Gasteiger partial charge in [0.2, 0.25) is 0 Å². The average Bonchev–Trinajstić information content (AvgIpc) is 2.92. The Kier molecular flexibility index (Phi) is 2.27. The molecule has 2 rings (SSSR count). The molecular formula is C10H18N2O2. The summed E-state index contributed by atoms with van der Waals surface area (Å²) in [6.45, 7) is 2.96. The van der Waals surface area contributed by atoms with E-state index in [9.17, 15) is 4.79 Å². The normalized spacial score (nSPS) is 39.7. The third-order valence-corrected chi connectivity index (χ3v) is 3.66. The summed E-state index contributed by atoms with van der Waals surface area (Å²) in [5, 5.41) is 9.14. The topological polar surface area (TPSA) is 66.6 Å². The zero-order valence-corrected chi connectivity index (χ0v) is 8.57. The number of rotatable bonds is 2. The second-order valence-electron chi connectivity index (χ2n) is 4.59. The van der Waals surface area contributed by atoms with E-state index in [1.54, 1.807) is 0 Å². The minimum Gasteiger partial charge on any atom is -0.480 e. The molecule has 1 aliphatic heterocycles. The van der Waals surface area contributed by atoms with Crippen LogP contribution in [0.4, 0.5) is 0 Å².